The zero-order valence-electron chi connectivity index (χ0n) is 19.5. The molecule has 1 saturated carbocycles. The summed E-state index contributed by atoms with van der Waals surface area (Å²) in [6.45, 7) is 4.69. The van der Waals surface area contributed by atoms with Crippen molar-refractivity contribution in [2.24, 2.45) is 5.92 Å². The van der Waals surface area contributed by atoms with Crippen molar-refractivity contribution in [1.82, 2.24) is 20.6 Å². The number of hydrogen-bond donors (Lipinski definition) is 4. The predicted molar refractivity (Wildman–Crippen MR) is 130 cm³/mol. The first-order valence-electron chi connectivity index (χ1n) is 11.6. The highest BCUT2D eigenvalue weighted by Crippen LogP contribution is 2.24. The largest absolute Gasteiger partial charge is 0.369 e. The fraction of sp³-hybridized carbons (Fsp3) is 0.480. The summed E-state index contributed by atoms with van der Waals surface area (Å²) < 4.78 is 13.5. The maximum atomic E-state index is 13.5. The van der Waals surface area contributed by atoms with Crippen LogP contribution in [-0.2, 0) is 4.79 Å². The Hall–Kier alpha value is -3.18. The van der Waals surface area contributed by atoms with Crippen LogP contribution in [0.3, 0.4) is 0 Å². The molecule has 1 aromatic heterocycles. The van der Waals surface area contributed by atoms with Crippen molar-refractivity contribution in [3.8, 4) is 11.8 Å². The SMILES string of the molecule is CCCNc1nc(Nc2cccc(F)c2)ncc1C#C[C@H]1CCC[C@@H](NC(=O)[C@H](C)NC)C1. The lowest BCUT2D eigenvalue weighted by molar-refractivity contribution is -0.123. The fourth-order valence-electron chi connectivity index (χ4n) is 3.70. The molecule has 0 bridgehead atoms. The van der Waals surface area contributed by atoms with Crippen LogP contribution in [0.15, 0.2) is 30.5 Å². The van der Waals surface area contributed by atoms with Gasteiger partial charge in [0.25, 0.3) is 0 Å². The number of likely N-dealkylation sites (N-methyl/N-ethyl adjacent to an activating group) is 1. The maximum Gasteiger partial charge on any atom is 0.237 e. The van der Waals surface area contributed by atoms with Crippen LogP contribution in [0, 0.1) is 23.6 Å². The molecule has 7 nitrogen and oxygen atoms in total. The molecule has 0 spiro atoms. The van der Waals surface area contributed by atoms with E-state index in [1.54, 1.807) is 25.4 Å². The fourth-order valence-corrected chi connectivity index (χ4v) is 3.70. The Morgan fingerprint density at radius 2 is 2.18 bits per heavy atom. The lowest BCUT2D eigenvalue weighted by Crippen LogP contribution is -2.46. The molecule has 176 valence electrons. The van der Waals surface area contributed by atoms with Crippen LogP contribution in [0.5, 0.6) is 0 Å². The molecule has 1 aliphatic rings. The quantitative estimate of drug-likeness (QED) is 0.455. The van der Waals surface area contributed by atoms with Gasteiger partial charge >= 0.3 is 0 Å². The molecule has 0 aliphatic heterocycles. The topological polar surface area (TPSA) is 91.0 Å². The third kappa shape index (κ3) is 7.43. The number of benzene rings is 1. The Kier molecular flexibility index (Phi) is 9.02. The number of nitrogens with one attached hydrogen (secondary N) is 4. The third-order valence-electron chi connectivity index (χ3n) is 5.67. The zero-order chi connectivity index (χ0) is 23.6. The minimum Gasteiger partial charge on any atom is -0.369 e. The average molecular weight is 453 g/mol. The highest BCUT2D eigenvalue weighted by atomic mass is 19.1. The van der Waals surface area contributed by atoms with Gasteiger partial charge in [-0.15, -0.1) is 0 Å². The van der Waals surface area contributed by atoms with Gasteiger partial charge in [0.15, 0.2) is 0 Å². The second kappa shape index (κ2) is 12.2. The second-order valence-electron chi connectivity index (χ2n) is 8.37. The summed E-state index contributed by atoms with van der Waals surface area (Å²) in [6.07, 6.45) is 6.50. The van der Waals surface area contributed by atoms with E-state index in [0.717, 1.165) is 44.2 Å². The molecule has 33 heavy (non-hydrogen) atoms. The van der Waals surface area contributed by atoms with E-state index in [1.165, 1.54) is 12.1 Å². The van der Waals surface area contributed by atoms with Crippen LogP contribution in [0.2, 0.25) is 0 Å². The van der Waals surface area contributed by atoms with Crippen molar-refractivity contribution in [2.75, 3.05) is 24.2 Å². The van der Waals surface area contributed by atoms with Crippen molar-refractivity contribution >= 4 is 23.4 Å². The molecule has 3 rings (SSSR count). The van der Waals surface area contributed by atoms with Gasteiger partial charge in [-0.2, -0.15) is 4.98 Å². The standard InChI is InChI=1S/C25H33FN6O/c1-4-13-28-23-19(16-29-25(32-23)31-22-10-6-8-20(26)15-22)12-11-18-7-5-9-21(14-18)30-24(33)17(2)27-3/h6,8,10,15-18,21,27H,4-5,7,9,13-14H2,1-3H3,(H,30,33)(H2,28,29,31,32)/t17-,18+,21+/m0/s1. The highest BCUT2D eigenvalue weighted by molar-refractivity contribution is 5.81. The lowest BCUT2D eigenvalue weighted by atomic mass is 9.86. The minimum absolute atomic E-state index is 0.0250. The molecule has 1 aromatic carbocycles. The molecule has 0 unspecified atom stereocenters. The normalized spacial score (nSPS) is 18.5. The van der Waals surface area contributed by atoms with Gasteiger partial charge in [-0.25, -0.2) is 9.37 Å². The van der Waals surface area contributed by atoms with Crippen LogP contribution in [-0.4, -0.2) is 41.6 Å². The summed E-state index contributed by atoms with van der Waals surface area (Å²) in [7, 11) is 1.78. The van der Waals surface area contributed by atoms with Gasteiger partial charge < -0.3 is 21.3 Å². The molecular formula is C25H33FN6O. The maximum absolute atomic E-state index is 13.5. The van der Waals surface area contributed by atoms with E-state index >= 15 is 0 Å². The summed E-state index contributed by atoms with van der Waals surface area (Å²) in [5.41, 5.74) is 1.31. The minimum atomic E-state index is -0.325. The van der Waals surface area contributed by atoms with Crippen molar-refractivity contribution < 1.29 is 9.18 Å². The number of carbonyl (C=O) groups excluding carboxylic acids is 1. The monoisotopic (exact) mass is 452 g/mol. The first-order valence-corrected chi connectivity index (χ1v) is 11.6. The average Bonchev–Trinajstić information content (AvgIpc) is 2.81. The summed E-state index contributed by atoms with van der Waals surface area (Å²) in [6, 6.07) is 6.11. The smallest absolute Gasteiger partial charge is 0.237 e. The first kappa shape index (κ1) is 24.5. The van der Waals surface area contributed by atoms with Gasteiger partial charge in [-0.05, 0) is 57.9 Å². The number of amides is 1. The van der Waals surface area contributed by atoms with E-state index < -0.39 is 0 Å². The molecular weight excluding hydrogens is 419 g/mol. The van der Waals surface area contributed by atoms with Gasteiger partial charge in [0.2, 0.25) is 11.9 Å². The highest BCUT2D eigenvalue weighted by Gasteiger charge is 2.23. The van der Waals surface area contributed by atoms with E-state index in [4.69, 9.17) is 0 Å². The number of nitrogens with zero attached hydrogens (tertiary/aromatic N) is 2. The number of halogens is 1. The van der Waals surface area contributed by atoms with Crippen LogP contribution in [0.1, 0.15) is 51.5 Å². The molecule has 4 N–H and O–H groups in total. The molecule has 8 heteroatoms. The number of rotatable bonds is 8. The number of aromatic nitrogens is 2. The van der Waals surface area contributed by atoms with Crippen molar-refractivity contribution in [3.63, 3.8) is 0 Å². The number of hydrogen-bond acceptors (Lipinski definition) is 6. The Bertz CT molecular complexity index is 1000. The van der Waals surface area contributed by atoms with Gasteiger partial charge in [-0.1, -0.05) is 31.3 Å². The summed E-state index contributed by atoms with van der Waals surface area (Å²) in [5, 5.41) is 12.5. The van der Waals surface area contributed by atoms with Crippen molar-refractivity contribution in [2.45, 2.75) is 58.0 Å². The molecule has 1 amide bonds. The molecule has 0 saturated heterocycles. The Labute approximate surface area is 195 Å². The van der Waals surface area contributed by atoms with Crippen LogP contribution in [0.25, 0.3) is 0 Å². The number of anilines is 3. The predicted octanol–water partition coefficient (Wildman–Crippen LogP) is 3.82. The zero-order valence-corrected chi connectivity index (χ0v) is 19.5. The summed E-state index contributed by atoms with van der Waals surface area (Å²) >= 11 is 0. The van der Waals surface area contributed by atoms with Gasteiger partial charge in [0, 0.05) is 24.2 Å². The van der Waals surface area contributed by atoms with Gasteiger partial charge in [0.05, 0.1) is 17.8 Å². The molecule has 3 atom stereocenters. The molecule has 2 aromatic rings. The Morgan fingerprint density at radius 1 is 1.33 bits per heavy atom. The first-order chi connectivity index (χ1) is 16.0. The van der Waals surface area contributed by atoms with Crippen molar-refractivity contribution in [3.05, 3.63) is 41.8 Å². The van der Waals surface area contributed by atoms with Crippen molar-refractivity contribution in [1.29, 1.82) is 0 Å². The summed E-state index contributed by atoms with van der Waals surface area (Å²) in [4.78, 5) is 21.1. The molecule has 1 fully saturated rings. The molecule has 1 aliphatic carbocycles. The Balaban J connectivity index is 1.71. The van der Waals surface area contributed by atoms with Gasteiger partial charge in [-0.3, -0.25) is 4.79 Å². The Morgan fingerprint density at radius 3 is 2.94 bits per heavy atom. The van der Waals surface area contributed by atoms with Gasteiger partial charge in [0.1, 0.15) is 11.6 Å². The summed E-state index contributed by atoms with van der Waals surface area (Å²) in [5.74, 6) is 7.56. The van der Waals surface area contributed by atoms with Crippen LogP contribution in [0.4, 0.5) is 21.8 Å². The van der Waals surface area contributed by atoms with E-state index in [1.807, 2.05) is 6.92 Å². The van der Waals surface area contributed by atoms with E-state index in [0.29, 0.717) is 17.5 Å². The third-order valence-corrected chi connectivity index (χ3v) is 5.67. The van der Waals surface area contributed by atoms with E-state index in [-0.39, 0.29) is 29.7 Å². The second-order valence-corrected chi connectivity index (χ2v) is 8.37. The van der Waals surface area contributed by atoms with E-state index in [2.05, 4.69) is 50.0 Å². The van der Waals surface area contributed by atoms with Crippen LogP contribution >= 0.6 is 0 Å². The lowest BCUT2D eigenvalue weighted by Gasteiger charge is -2.28. The molecule has 1 heterocycles. The molecule has 0 radical (unpaired) electrons. The van der Waals surface area contributed by atoms with Crippen LogP contribution < -0.4 is 21.3 Å². The van der Waals surface area contributed by atoms with E-state index in [9.17, 15) is 9.18 Å². The number of carbonyl (C=O) groups is 1.